The second kappa shape index (κ2) is 6.31. The highest BCUT2D eigenvalue weighted by Gasteiger charge is 2.30. The van der Waals surface area contributed by atoms with Crippen LogP contribution >= 0.6 is 27.5 Å². The molecular formula is C11H10BrClF3N. The minimum absolute atomic E-state index is 0.380. The molecule has 1 rings (SSSR count). The molecule has 1 aromatic carbocycles. The predicted octanol–water partition coefficient (Wildman–Crippen LogP) is 4.67. The van der Waals surface area contributed by atoms with Crippen LogP contribution in [-0.2, 0) is 6.18 Å². The van der Waals surface area contributed by atoms with Gasteiger partial charge in [0.05, 0.1) is 5.56 Å². The van der Waals surface area contributed by atoms with Gasteiger partial charge in [-0.15, -0.1) is 11.6 Å². The Hall–Kier alpha value is -0.680. The summed E-state index contributed by atoms with van der Waals surface area (Å²) in [5.74, 6) is 0.380. The summed E-state index contributed by atoms with van der Waals surface area (Å²) in [4.78, 5) is 0. The second-order valence-electron chi connectivity index (χ2n) is 3.20. The third kappa shape index (κ3) is 4.60. The first-order valence-electron chi connectivity index (χ1n) is 4.76. The van der Waals surface area contributed by atoms with Gasteiger partial charge in [-0.05, 0) is 34.1 Å². The molecule has 94 valence electrons. The fourth-order valence-corrected chi connectivity index (χ4v) is 1.67. The summed E-state index contributed by atoms with van der Waals surface area (Å²) >= 11 is 8.61. The molecule has 0 amide bonds. The van der Waals surface area contributed by atoms with E-state index in [0.717, 1.165) is 12.1 Å². The van der Waals surface area contributed by atoms with Crippen LogP contribution in [0.25, 0.3) is 0 Å². The molecule has 0 aliphatic rings. The molecule has 0 radical (unpaired) electrons. The van der Waals surface area contributed by atoms with Crippen molar-refractivity contribution in [3.63, 3.8) is 0 Å². The van der Waals surface area contributed by atoms with Gasteiger partial charge in [0.25, 0.3) is 0 Å². The van der Waals surface area contributed by atoms with Crippen LogP contribution in [0.4, 0.5) is 18.9 Å². The summed E-state index contributed by atoms with van der Waals surface area (Å²) in [6.07, 6.45) is -0.862. The molecule has 0 unspecified atom stereocenters. The van der Waals surface area contributed by atoms with Gasteiger partial charge in [0.15, 0.2) is 0 Å². The van der Waals surface area contributed by atoms with Crippen LogP contribution < -0.4 is 5.32 Å². The summed E-state index contributed by atoms with van der Waals surface area (Å²) in [6, 6.07) is 3.47. The number of halogens is 5. The standard InChI is InChI=1S/C11H10BrClF3N/c12-9-4-3-8(11(14,15)16)7-10(9)17-6-2-1-5-13/h1-4,7,17H,5-6H2/b2-1+. The van der Waals surface area contributed by atoms with E-state index in [4.69, 9.17) is 11.6 Å². The average molecular weight is 329 g/mol. The average Bonchev–Trinajstić information content (AvgIpc) is 2.25. The Balaban J connectivity index is 2.80. The van der Waals surface area contributed by atoms with E-state index in [0.29, 0.717) is 22.6 Å². The Kier molecular flexibility index (Phi) is 5.33. The topological polar surface area (TPSA) is 12.0 Å². The Bertz CT molecular complexity index is 404. The van der Waals surface area contributed by atoms with Crippen molar-refractivity contribution >= 4 is 33.2 Å². The molecule has 17 heavy (non-hydrogen) atoms. The fraction of sp³-hybridized carbons (Fsp3) is 0.273. The normalized spacial score (nSPS) is 12.1. The monoisotopic (exact) mass is 327 g/mol. The van der Waals surface area contributed by atoms with Crippen molar-refractivity contribution in [1.82, 2.24) is 0 Å². The van der Waals surface area contributed by atoms with Crippen molar-refractivity contribution in [3.05, 3.63) is 40.4 Å². The SMILES string of the molecule is FC(F)(F)c1ccc(Br)c(NC/C=C/CCl)c1. The molecule has 1 nitrogen and oxygen atoms in total. The molecule has 0 fully saturated rings. The molecule has 0 saturated heterocycles. The van der Waals surface area contributed by atoms with E-state index in [2.05, 4.69) is 21.2 Å². The molecule has 0 spiro atoms. The van der Waals surface area contributed by atoms with Crippen LogP contribution in [0.3, 0.4) is 0 Å². The van der Waals surface area contributed by atoms with Crippen molar-refractivity contribution < 1.29 is 13.2 Å². The molecule has 0 heterocycles. The van der Waals surface area contributed by atoms with Crippen molar-refractivity contribution in [2.45, 2.75) is 6.18 Å². The minimum Gasteiger partial charge on any atom is -0.381 e. The Morgan fingerprint density at radius 1 is 1.29 bits per heavy atom. The Morgan fingerprint density at radius 3 is 2.59 bits per heavy atom. The molecule has 0 aromatic heterocycles. The number of allylic oxidation sites excluding steroid dienone is 1. The number of anilines is 1. The lowest BCUT2D eigenvalue weighted by molar-refractivity contribution is -0.137. The zero-order valence-corrected chi connectivity index (χ0v) is 11.0. The molecule has 1 aromatic rings. The summed E-state index contributed by atoms with van der Waals surface area (Å²) in [7, 11) is 0. The molecule has 0 aliphatic heterocycles. The van der Waals surface area contributed by atoms with E-state index in [9.17, 15) is 13.2 Å². The maximum absolute atomic E-state index is 12.5. The minimum atomic E-state index is -4.33. The number of hydrogen-bond acceptors (Lipinski definition) is 1. The zero-order chi connectivity index (χ0) is 12.9. The maximum Gasteiger partial charge on any atom is 0.416 e. The highest BCUT2D eigenvalue weighted by Crippen LogP contribution is 2.33. The molecular weight excluding hydrogens is 318 g/mol. The number of rotatable bonds is 4. The van der Waals surface area contributed by atoms with Crippen LogP contribution in [0.2, 0.25) is 0 Å². The lowest BCUT2D eigenvalue weighted by Gasteiger charge is -2.11. The highest BCUT2D eigenvalue weighted by atomic mass is 79.9. The third-order valence-electron chi connectivity index (χ3n) is 1.96. The van der Waals surface area contributed by atoms with Crippen molar-refractivity contribution in [2.24, 2.45) is 0 Å². The highest BCUT2D eigenvalue weighted by molar-refractivity contribution is 9.10. The molecule has 0 bridgehead atoms. The van der Waals surface area contributed by atoms with Gasteiger partial charge in [0.2, 0.25) is 0 Å². The first kappa shape index (κ1) is 14.4. The predicted molar refractivity (Wildman–Crippen MR) is 67.5 cm³/mol. The molecule has 0 aliphatic carbocycles. The molecule has 6 heteroatoms. The summed E-state index contributed by atoms with van der Waals surface area (Å²) in [5, 5.41) is 2.87. The number of nitrogens with one attached hydrogen (secondary N) is 1. The van der Waals surface area contributed by atoms with Crippen LogP contribution in [-0.4, -0.2) is 12.4 Å². The van der Waals surface area contributed by atoms with Crippen molar-refractivity contribution in [2.75, 3.05) is 17.7 Å². The Morgan fingerprint density at radius 2 is 2.00 bits per heavy atom. The maximum atomic E-state index is 12.5. The molecule has 0 saturated carbocycles. The van der Waals surface area contributed by atoms with E-state index in [1.165, 1.54) is 6.07 Å². The lowest BCUT2D eigenvalue weighted by atomic mass is 10.2. The summed E-state index contributed by atoms with van der Waals surface area (Å²) < 4.78 is 38.0. The second-order valence-corrected chi connectivity index (χ2v) is 4.36. The van der Waals surface area contributed by atoms with Crippen molar-refractivity contribution in [1.29, 1.82) is 0 Å². The van der Waals surface area contributed by atoms with Gasteiger partial charge in [-0.1, -0.05) is 12.2 Å². The van der Waals surface area contributed by atoms with E-state index in [-0.39, 0.29) is 0 Å². The molecule has 1 N–H and O–H groups in total. The van der Waals surface area contributed by atoms with Gasteiger partial charge in [0, 0.05) is 22.6 Å². The first-order valence-corrected chi connectivity index (χ1v) is 6.09. The van der Waals surface area contributed by atoms with Gasteiger partial charge >= 0.3 is 6.18 Å². The van der Waals surface area contributed by atoms with Gasteiger partial charge in [-0.25, -0.2) is 0 Å². The number of alkyl halides is 4. The van der Waals surface area contributed by atoms with Gasteiger partial charge in [-0.3, -0.25) is 0 Å². The smallest absolute Gasteiger partial charge is 0.381 e. The summed E-state index contributed by atoms with van der Waals surface area (Å²) in [5.41, 5.74) is -0.274. The van der Waals surface area contributed by atoms with Crippen LogP contribution in [0.5, 0.6) is 0 Å². The lowest BCUT2D eigenvalue weighted by Crippen LogP contribution is -2.07. The van der Waals surface area contributed by atoms with E-state index in [1.54, 1.807) is 12.2 Å². The molecule has 0 atom stereocenters. The van der Waals surface area contributed by atoms with E-state index in [1.807, 2.05) is 0 Å². The van der Waals surface area contributed by atoms with Gasteiger partial charge in [0.1, 0.15) is 0 Å². The largest absolute Gasteiger partial charge is 0.416 e. The van der Waals surface area contributed by atoms with Crippen LogP contribution in [0.15, 0.2) is 34.8 Å². The Labute approximate surface area is 111 Å². The van der Waals surface area contributed by atoms with E-state index < -0.39 is 11.7 Å². The van der Waals surface area contributed by atoms with Crippen LogP contribution in [0, 0.1) is 0 Å². The van der Waals surface area contributed by atoms with Gasteiger partial charge in [-0.2, -0.15) is 13.2 Å². The number of hydrogen-bond donors (Lipinski definition) is 1. The van der Waals surface area contributed by atoms with E-state index >= 15 is 0 Å². The fourth-order valence-electron chi connectivity index (χ4n) is 1.15. The summed E-state index contributed by atoms with van der Waals surface area (Å²) in [6.45, 7) is 0.423. The van der Waals surface area contributed by atoms with Gasteiger partial charge < -0.3 is 5.32 Å². The third-order valence-corrected chi connectivity index (χ3v) is 2.83. The number of benzene rings is 1. The quantitative estimate of drug-likeness (QED) is 0.625. The zero-order valence-electron chi connectivity index (χ0n) is 8.69. The van der Waals surface area contributed by atoms with Crippen molar-refractivity contribution in [3.8, 4) is 0 Å². The first-order chi connectivity index (χ1) is 7.95. The van der Waals surface area contributed by atoms with Crippen LogP contribution in [0.1, 0.15) is 5.56 Å².